The number of hydrogen-bond acceptors (Lipinski definition) is 3. The summed E-state index contributed by atoms with van der Waals surface area (Å²) in [4.78, 5) is 0. The molecule has 2 aliphatic carbocycles. The van der Waals surface area contributed by atoms with Gasteiger partial charge in [0, 0.05) is 17.5 Å². The minimum Gasteiger partial charge on any atom is -0.392 e. The fourth-order valence-electron chi connectivity index (χ4n) is 4.19. The van der Waals surface area contributed by atoms with Crippen LogP contribution >= 0.6 is 9.24 Å². The van der Waals surface area contributed by atoms with E-state index in [9.17, 15) is 5.11 Å². The molecule has 0 aromatic heterocycles. The van der Waals surface area contributed by atoms with Crippen LogP contribution in [0.4, 0.5) is 0 Å². The van der Waals surface area contributed by atoms with Crippen molar-refractivity contribution in [1.82, 2.24) is 0 Å². The highest BCUT2D eigenvalue weighted by Crippen LogP contribution is 2.56. The molecule has 0 amide bonds. The number of aliphatic hydroxyl groups is 1. The van der Waals surface area contributed by atoms with Crippen LogP contribution in [0.15, 0.2) is 0 Å². The number of aliphatic hydroxyl groups excluding tert-OH is 1. The molecule has 0 aromatic rings. The smallest absolute Gasteiger partial charge is 0.171 e. The molecule has 4 heteroatoms. The van der Waals surface area contributed by atoms with Gasteiger partial charge < -0.3 is 14.6 Å². The van der Waals surface area contributed by atoms with Crippen LogP contribution in [0.1, 0.15) is 39.0 Å². The molecule has 98 valence electrons. The van der Waals surface area contributed by atoms with Crippen molar-refractivity contribution in [2.75, 3.05) is 13.2 Å². The van der Waals surface area contributed by atoms with Crippen LogP contribution in [0, 0.1) is 11.8 Å². The molecule has 0 bridgehead atoms. The summed E-state index contributed by atoms with van der Waals surface area (Å²) in [5, 5.41) is 10.3. The summed E-state index contributed by atoms with van der Waals surface area (Å²) in [7, 11) is 2.97. The molecule has 2 saturated carbocycles. The lowest BCUT2D eigenvalue weighted by molar-refractivity contribution is -0.235. The van der Waals surface area contributed by atoms with Crippen molar-refractivity contribution in [3.05, 3.63) is 0 Å². The summed E-state index contributed by atoms with van der Waals surface area (Å²) < 4.78 is 11.8. The first-order chi connectivity index (χ1) is 8.08. The van der Waals surface area contributed by atoms with Gasteiger partial charge in [-0.15, -0.1) is 9.24 Å². The van der Waals surface area contributed by atoms with Crippen LogP contribution in [0.2, 0.25) is 0 Å². The number of hydrogen-bond donors (Lipinski definition) is 1. The Bertz CT molecular complexity index is 303. The minimum absolute atomic E-state index is 0.00176. The Labute approximate surface area is 105 Å². The summed E-state index contributed by atoms with van der Waals surface area (Å²) >= 11 is 0. The molecule has 0 radical (unpaired) electrons. The lowest BCUT2D eigenvalue weighted by atomic mass is 9.62. The molecule has 0 aromatic carbocycles. The third kappa shape index (κ3) is 1.70. The van der Waals surface area contributed by atoms with Crippen molar-refractivity contribution < 1.29 is 14.6 Å². The van der Waals surface area contributed by atoms with E-state index in [1.807, 2.05) is 0 Å². The third-order valence-corrected chi connectivity index (χ3v) is 6.38. The topological polar surface area (TPSA) is 38.7 Å². The second kappa shape index (κ2) is 4.16. The van der Waals surface area contributed by atoms with E-state index in [2.05, 4.69) is 16.2 Å². The van der Waals surface area contributed by atoms with Gasteiger partial charge in [-0.05, 0) is 25.2 Å². The van der Waals surface area contributed by atoms with Gasteiger partial charge in [0.2, 0.25) is 0 Å². The van der Waals surface area contributed by atoms with Gasteiger partial charge in [0.05, 0.1) is 19.3 Å². The van der Waals surface area contributed by atoms with E-state index >= 15 is 0 Å². The Morgan fingerprint density at radius 1 is 1.18 bits per heavy atom. The van der Waals surface area contributed by atoms with Crippen LogP contribution in [0.25, 0.3) is 0 Å². The summed E-state index contributed by atoms with van der Waals surface area (Å²) in [6.07, 6.45) is 5.01. The highest BCUT2D eigenvalue weighted by molar-refractivity contribution is 7.19. The minimum atomic E-state index is -0.345. The summed E-state index contributed by atoms with van der Waals surface area (Å²) in [6, 6.07) is 0. The molecule has 17 heavy (non-hydrogen) atoms. The van der Waals surface area contributed by atoms with Crippen LogP contribution in [0.5, 0.6) is 0 Å². The second-order valence-corrected chi connectivity index (χ2v) is 7.04. The molecule has 1 N–H and O–H groups in total. The van der Waals surface area contributed by atoms with E-state index in [1.54, 1.807) is 0 Å². The number of fused-ring (bicyclic) bond motifs is 1. The zero-order valence-corrected chi connectivity index (χ0v) is 11.7. The summed E-state index contributed by atoms with van der Waals surface area (Å²) in [5.41, 5.74) is 0. The molecular formula is C13H23O3P. The molecule has 3 nitrogen and oxygen atoms in total. The first kappa shape index (κ1) is 12.3. The highest BCUT2D eigenvalue weighted by Gasteiger charge is 2.58. The Kier molecular flexibility index (Phi) is 3.02. The average molecular weight is 258 g/mol. The van der Waals surface area contributed by atoms with Gasteiger partial charge in [-0.1, -0.05) is 13.3 Å². The van der Waals surface area contributed by atoms with E-state index in [-0.39, 0.29) is 17.0 Å². The Morgan fingerprint density at radius 2 is 1.88 bits per heavy atom. The van der Waals surface area contributed by atoms with Crippen LogP contribution in [-0.2, 0) is 9.47 Å². The zero-order valence-electron chi connectivity index (χ0n) is 10.5. The lowest BCUT2D eigenvalue weighted by Crippen LogP contribution is -2.59. The van der Waals surface area contributed by atoms with Crippen molar-refractivity contribution >= 4 is 9.24 Å². The molecule has 1 aliphatic heterocycles. The Hall–Kier alpha value is 0.310. The maximum absolute atomic E-state index is 10.3. The quantitative estimate of drug-likeness (QED) is 0.675. The number of rotatable bonds is 0. The van der Waals surface area contributed by atoms with E-state index in [4.69, 9.17) is 9.47 Å². The van der Waals surface area contributed by atoms with Gasteiger partial charge in [0.1, 0.15) is 0 Å². The van der Waals surface area contributed by atoms with Crippen LogP contribution in [-0.4, -0.2) is 35.4 Å². The molecule has 3 fully saturated rings. The van der Waals surface area contributed by atoms with Gasteiger partial charge in [-0.3, -0.25) is 0 Å². The standard InChI is InChI=1S/C13H23O3P/c1-9-10-3-2-4-11(14)12(10,17)5-6-13(9)15-7-8-16-13/h9-11,14H,2-8,17H2,1H3/t9-,10-,11-,12+/m1/s1. The Balaban J connectivity index is 1.88. The largest absolute Gasteiger partial charge is 0.392 e. The molecular weight excluding hydrogens is 235 g/mol. The second-order valence-electron chi connectivity index (χ2n) is 5.96. The van der Waals surface area contributed by atoms with Crippen LogP contribution in [0.3, 0.4) is 0 Å². The highest BCUT2D eigenvalue weighted by atomic mass is 31.0. The molecule has 1 spiro atoms. The van der Waals surface area contributed by atoms with E-state index in [0.29, 0.717) is 11.8 Å². The van der Waals surface area contributed by atoms with Gasteiger partial charge in [0.15, 0.2) is 5.79 Å². The maximum atomic E-state index is 10.3. The summed E-state index contributed by atoms with van der Waals surface area (Å²) in [5.74, 6) is 0.538. The molecule has 1 heterocycles. The van der Waals surface area contributed by atoms with Gasteiger partial charge in [-0.2, -0.15) is 0 Å². The first-order valence-electron chi connectivity index (χ1n) is 6.83. The average Bonchev–Trinajstić information content (AvgIpc) is 2.78. The lowest BCUT2D eigenvalue weighted by Gasteiger charge is -2.55. The third-order valence-electron chi connectivity index (χ3n) is 5.28. The molecule has 3 aliphatic rings. The van der Waals surface area contributed by atoms with Gasteiger partial charge in [-0.25, -0.2) is 0 Å². The van der Waals surface area contributed by atoms with Gasteiger partial charge >= 0.3 is 0 Å². The first-order valence-corrected chi connectivity index (χ1v) is 7.41. The summed E-state index contributed by atoms with van der Waals surface area (Å²) in [6.45, 7) is 3.69. The van der Waals surface area contributed by atoms with Crippen molar-refractivity contribution in [3.63, 3.8) is 0 Å². The van der Waals surface area contributed by atoms with E-state index in [0.717, 1.165) is 38.9 Å². The molecule has 1 saturated heterocycles. The fourth-order valence-corrected chi connectivity index (χ4v) is 4.95. The molecule has 3 rings (SSSR count). The normalized spacial score (nSPS) is 49.2. The molecule has 5 atom stereocenters. The predicted octanol–water partition coefficient (Wildman–Crippen LogP) is 1.93. The maximum Gasteiger partial charge on any atom is 0.171 e. The molecule has 1 unspecified atom stereocenters. The van der Waals surface area contributed by atoms with Crippen molar-refractivity contribution in [2.24, 2.45) is 11.8 Å². The fraction of sp³-hybridized carbons (Fsp3) is 1.00. The van der Waals surface area contributed by atoms with Crippen LogP contribution < -0.4 is 0 Å². The zero-order chi connectivity index (χ0) is 12.1. The number of ether oxygens (including phenoxy) is 2. The van der Waals surface area contributed by atoms with Crippen molar-refractivity contribution in [2.45, 2.75) is 56.1 Å². The van der Waals surface area contributed by atoms with Gasteiger partial charge in [0.25, 0.3) is 0 Å². The van der Waals surface area contributed by atoms with E-state index < -0.39 is 0 Å². The Morgan fingerprint density at radius 3 is 2.59 bits per heavy atom. The van der Waals surface area contributed by atoms with E-state index in [1.165, 1.54) is 6.42 Å². The van der Waals surface area contributed by atoms with Crippen molar-refractivity contribution in [1.29, 1.82) is 0 Å². The SMILES string of the molecule is C[C@@H]1[C@H]2CCC[C@@H](O)[C@]2(P)CCC12OCCO2. The monoisotopic (exact) mass is 258 g/mol. The van der Waals surface area contributed by atoms with Crippen molar-refractivity contribution in [3.8, 4) is 0 Å². The predicted molar refractivity (Wildman–Crippen MR) is 68.8 cm³/mol.